The van der Waals surface area contributed by atoms with Crippen LogP contribution in [-0.2, 0) is 16.6 Å². The number of hydrogen-bond donors (Lipinski definition) is 1. The number of aromatic carboxylic acids is 1. The van der Waals surface area contributed by atoms with E-state index in [0.717, 1.165) is 0 Å². The molecule has 0 spiro atoms. The maximum atomic E-state index is 10.6. The van der Waals surface area contributed by atoms with Gasteiger partial charge in [0, 0.05) is 17.1 Å². The number of carbonyl (C=O) groups is 1. The highest BCUT2D eigenvalue weighted by Crippen LogP contribution is 1.99. The van der Waals surface area contributed by atoms with Gasteiger partial charge in [-0.1, -0.05) is 0 Å². The third-order valence-electron chi connectivity index (χ3n) is 0.986. The summed E-state index contributed by atoms with van der Waals surface area (Å²) >= 11 is 0. The third kappa shape index (κ3) is 2.12. The van der Waals surface area contributed by atoms with E-state index >= 15 is 0 Å². The second-order valence-corrected chi connectivity index (χ2v) is 3.47. The number of nitrogens with zero attached hydrogens (tertiary/aromatic N) is 2. The molecule has 0 bridgehead atoms. The van der Waals surface area contributed by atoms with E-state index in [0.29, 0.717) is 0 Å². The van der Waals surface area contributed by atoms with Crippen molar-refractivity contribution in [3.05, 3.63) is 11.7 Å². The molecule has 1 atom stereocenters. The van der Waals surface area contributed by atoms with Crippen LogP contribution in [0.1, 0.15) is 16.5 Å². The van der Waals surface area contributed by atoms with Crippen LogP contribution in [0.25, 0.3) is 0 Å². The SMILES string of the molecule is CS(=O)Cc1nc(C(=O)O)no1. The minimum atomic E-state index is -1.26. The molecule has 1 unspecified atom stereocenters. The van der Waals surface area contributed by atoms with Crippen LogP contribution in [0.4, 0.5) is 0 Å². The fraction of sp³-hybridized carbons (Fsp3) is 0.400. The van der Waals surface area contributed by atoms with E-state index in [2.05, 4.69) is 14.7 Å². The fourth-order valence-electron chi connectivity index (χ4n) is 0.574. The van der Waals surface area contributed by atoms with Crippen molar-refractivity contribution in [2.24, 2.45) is 0 Å². The number of carboxylic acids is 1. The maximum absolute atomic E-state index is 10.6. The zero-order chi connectivity index (χ0) is 9.14. The lowest BCUT2D eigenvalue weighted by atomic mass is 10.6. The van der Waals surface area contributed by atoms with E-state index in [1.807, 2.05) is 0 Å². The predicted octanol–water partition coefficient (Wildman–Crippen LogP) is -0.354. The van der Waals surface area contributed by atoms with E-state index in [1.54, 1.807) is 0 Å². The standard InChI is InChI=1S/C5H6N2O4S/c1-12(10)2-3-6-4(5(8)9)7-11-3/h2H2,1H3,(H,8,9). The molecule has 0 amide bonds. The second kappa shape index (κ2) is 3.44. The van der Waals surface area contributed by atoms with Gasteiger partial charge in [-0.2, -0.15) is 4.98 Å². The minimum absolute atomic E-state index is 0.0771. The number of aromatic nitrogens is 2. The van der Waals surface area contributed by atoms with Crippen molar-refractivity contribution in [1.29, 1.82) is 0 Å². The van der Waals surface area contributed by atoms with Gasteiger partial charge < -0.3 is 9.63 Å². The summed E-state index contributed by atoms with van der Waals surface area (Å²) in [6, 6.07) is 0. The van der Waals surface area contributed by atoms with Gasteiger partial charge in [-0.05, 0) is 5.16 Å². The number of hydrogen-bond acceptors (Lipinski definition) is 5. The highest BCUT2D eigenvalue weighted by molar-refractivity contribution is 7.83. The maximum Gasteiger partial charge on any atom is 0.377 e. The molecule has 0 aliphatic rings. The van der Waals surface area contributed by atoms with Crippen LogP contribution in [-0.4, -0.2) is 31.7 Å². The van der Waals surface area contributed by atoms with Crippen LogP contribution in [0, 0.1) is 0 Å². The molecule has 0 saturated heterocycles. The van der Waals surface area contributed by atoms with Crippen molar-refractivity contribution in [2.45, 2.75) is 5.75 Å². The van der Waals surface area contributed by atoms with Gasteiger partial charge in [0.25, 0.3) is 5.82 Å². The van der Waals surface area contributed by atoms with Crippen molar-refractivity contribution in [3.63, 3.8) is 0 Å². The van der Waals surface area contributed by atoms with Crippen molar-refractivity contribution >= 4 is 16.8 Å². The first-order valence-corrected chi connectivity index (χ1v) is 4.68. The molecule has 0 saturated carbocycles. The lowest BCUT2D eigenvalue weighted by molar-refractivity contribution is 0.0680. The van der Waals surface area contributed by atoms with E-state index in [-0.39, 0.29) is 11.6 Å². The molecule has 1 N–H and O–H groups in total. The molecule has 0 aliphatic carbocycles. The van der Waals surface area contributed by atoms with Crippen LogP contribution in [0.15, 0.2) is 4.52 Å². The summed E-state index contributed by atoms with van der Waals surface area (Å²) in [4.78, 5) is 13.7. The van der Waals surface area contributed by atoms with Crippen LogP contribution >= 0.6 is 0 Å². The Kier molecular flexibility index (Phi) is 2.54. The second-order valence-electron chi connectivity index (χ2n) is 2.03. The van der Waals surface area contributed by atoms with Crippen LogP contribution in [0.2, 0.25) is 0 Å². The van der Waals surface area contributed by atoms with Gasteiger partial charge in [-0.25, -0.2) is 4.79 Å². The Morgan fingerprint density at radius 2 is 2.42 bits per heavy atom. The van der Waals surface area contributed by atoms with Crippen molar-refractivity contribution in [1.82, 2.24) is 10.1 Å². The van der Waals surface area contributed by atoms with Gasteiger partial charge in [-0.15, -0.1) is 0 Å². The zero-order valence-corrected chi connectivity index (χ0v) is 7.00. The first-order chi connectivity index (χ1) is 5.59. The van der Waals surface area contributed by atoms with E-state index in [4.69, 9.17) is 5.11 Å². The zero-order valence-electron chi connectivity index (χ0n) is 6.18. The van der Waals surface area contributed by atoms with Gasteiger partial charge in [0.2, 0.25) is 5.89 Å². The highest BCUT2D eigenvalue weighted by Gasteiger charge is 2.12. The molecule has 0 fully saturated rings. The Hall–Kier alpha value is -1.24. The molecule has 1 rings (SSSR count). The summed E-state index contributed by atoms with van der Waals surface area (Å²) < 4.78 is 15.1. The third-order valence-corrected chi connectivity index (χ3v) is 1.64. The van der Waals surface area contributed by atoms with Gasteiger partial charge in [0.15, 0.2) is 0 Å². The molecule has 66 valence electrons. The lowest BCUT2D eigenvalue weighted by Gasteiger charge is -1.84. The van der Waals surface area contributed by atoms with Crippen LogP contribution in [0.5, 0.6) is 0 Å². The van der Waals surface area contributed by atoms with Crippen LogP contribution < -0.4 is 0 Å². The summed E-state index contributed by atoms with van der Waals surface area (Å²) in [6.45, 7) is 0. The molecular formula is C5H6N2O4S. The van der Waals surface area contributed by atoms with Gasteiger partial charge in [-0.3, -0.25) is 4.21 Å². The average molecular weight is 190 g/mol. The fourth-order valence-corrected chi connectivity index (χ4v) is 1.04. The van der Waals surface area contributed by atoms with Gasteiger partial charge in [0.05, 0.1) is 0 Å². The molecule has 7 heteroatoms. The molecule has 1 heterocycles. The van der Waals surface area contributed by atoms with Crippen LogP contribution in [0.3, 0.4) is 0 Å². The molecule has 12 heavy (non-hydrogen) atoms. The monoisotopic (exact) mass is 190 g/mol. The topological polar surface area (TPSA) is 93.3 Å². The quantitative estimate of drug-likeness (QED) is 0.699. The first kappa shape index (κ1) is 8.85. The molecular weight excluding hydrogens is 184 g/mol. The first-order valence-electron chi connectivity index (χ1n) is 2.95. The van der Waals surface area contributed by atoms with Crippen molar-refractivity contribution < 1.29 is 18.6 Å². The summed E-state index contributed by atoms with van der Waals surface area (Å²) in [5.41, 5.74) is 0. The molecule has 1 aromatic heterocycles. The Balaban J connectivity index is 2.77. The summed E-state index contributed by atoms with van der Waals surface area (Å²) in [5, 5.41) is 11.5. The Labute approximate surface area is 70.0 Å². The lowest BCUT2D eigenvalue weighted by Crippen LogP contribution is -1.99. The smallest absolute Gasteiger partial charge is 0.377 e. The van der Waals surface area contributed by atoms with Gasteiger partial charge >= 0.3 is 5.97 Å². The van der Waals surface area contributed by atoms with Crippen molar-refractivity contribution in [3.8, 4) is 0 Å². The number of rotatable bonds is 3. The largest absolute Gasteiger partial charge is 0.475 e. The Morgan fingerprint density at radius 3 is 2.83 bits per heavy atom. The normalized spacial score (nSPS) is 12.8. The molecule has 0 aromatic carbocycles. The van der Waals surface area contributed by atoms with Crippen molar-refractivity contribution in [2.75, 3.05) is 6.26 Å². The van der Waals surface area contributed by atoms with Gasteiger partial charge in [0.1, 0.15) is 5.75 Å². The number of carboxylic acid groups (broad SMARTS) is 1. The summed E-state index contributed by atoms with van der Waals surface area (Å²) in [6.07, 6.45) is 1.46. The van der Waals surface area contributed by atoms with E-state index in [9.17, 15) is 9.00 Å². The molecule has 0 radical (unpaired) electrons. The van der Waals surface area contributed by atoms with E-state index < -0.39 is 22.6 Å². The Morgan fingerprint density at radius 1 is 1.75 bits per heavy atom. The molecule has 1 aromatic rings. The summed E-state index contributed by atoms with van der Waals surface area (Å²) in [5.74, 6) is -1.50. The molecule has 0 aliphatic heterocycles. The highest BCUT2D eigenvalue weighted by atomic mass is 32.2. The minimum Gasteiger partial charge on any atom is -0.475 e. The molecule has 6 nitrogen and oxygen atoms in total. The average Bonchev–Trinajstić information content (AvgIpc) is 2.34. The predicted molar refractivity (Wildman–Crippen MR) is 39.0 cm³/mol. The van der Waals surface area contributed by atoms with E-state index in [1.165, 1.54) is 6.26 Å². The summed E-state index contributed by atoms with van der Waals surface area (Å²) in [7, 11) is -1.11. The Bertz CT molecular complexity index is 321.